The van der Waals surface area contributed by atoms with Crippen molar-refractivity contribution in [3.05, 3.63) is 28.7 Å². The van der Waals surface area contributed by atoms with Gasteiger partial charge >= 0.3 is 0 Å². The van der Waals surface area contributed by atoms with Gasteiger partial charge in [-0.1, -0.05) is 22.0 Å². The van der Waals surface area contributed by atoms with Crippen molar-refractivity contribution in [3.8, 4) is 0 Å². The number of anilines is 1. The summed E-state index contributed by atoms with van der Waals surface area (Å²) >= 11 is 3.45. The van der Waals surface area contributed by atoms with Gasteiger partial charge in [-0.3, -0.25) is 0 Å². The van der Waals surface area contributed by atoms with Crippen LogP contribution in [0.2, 0.25) is 0 Å². The highest BCUT2D eigenvalue weighted by Gasteiger charge is 2.23. The molecule has 0 bridgehead atoms. The van der Waals surface area contributed by atoms with Gasteiger partial charge in [-0.05, 0) is 30.5 Å². The van der Waals surface area contributed by atoms with Crippen molar-refractivity contribution in [2.45, 2.75) is 6.42 Å². The molecular weight excluding hydrogens is 318 g/mol. The van der Waals surface area contributed by atoms with Crippen molar-refractivity contribution in [1.29, 1.82) is 0 Å². The van der Waals surface area contributed by atoms with E-state index in [1.165, 1.54) is 0 Å². The average Bonchev–Trinajstić information content (AvgIpc) is 2.74. The van der Waals surface area contributed by atoms with Crippen LogP contribution in [0.25, 0.3) is 0 Å². The summed E-state index contributed by atoms with van der Waals surface area (Å²) in [6.45, 7) is 2.19. The summed E-state index contributed by atoms with van der Waals surface area (Å²) in [7, 11) is -3.58. The van der Waals surface area contributed by atoms with E-state index in [0.717, 1.165) is 29.7 Å². The molecule has 100 valence electrons. The minimum atomic E-state index is -3.58. The van der Waals surface area contributed by atoms with Crippen LogP contribution in [-0.2, 0) is 10.2 Å². The predicted octanol–water partition coefficient (Wildman–Crippen LogP) is 1.07. The molecule has 0 saturated carbocycles. The third kappa shape index (κ3) is 3.94. The second-order valence-electron chi connectivity index (χ2n) is 4.47. The van der Waals surface area contributed by atoms with E-state index in [9.17, 15) is 8.42 Å². The van der Waals surface area contributed by atoms with E-state index in [0.29, 0.717) is 12.5 Å². The van der Waals surface area contributed by atoms with Gasteiger partial charge in [0.25, 0.3) is 10.2 Å². The van der Waals surface area contributed by atoms with Gasteiger partial charge in [0, 0.05) is 29.8 Å². The molecule has 1 aliphatic rings. The van der Waals surface area contributed by atoms with E-state index in [2.05, 4.69) is 37.7 Å². The molecule has 0 aromatic heterocycles. The Morgan fingerprint density at radius 2 is 2.28 bits per heavy atom. The zero-order chi connectivity index (χ0) is 13.2. The van der Waals surface area contributed by atoms with Crippen LogP contribution in [0.1, 0.15) is 6.42 Å². The van der Waals surface area contributed by atoms with Crippen molar-refractivity contribution in [2.24, 2.45) is 11.1 Å². The van der Waals surface area contributed by atoms with Crippen LogP contribution in [-0.4, -0.2) is 28.1 Å². The van der Waals surface area contributed by atoms with E-state index >= 15 is 0 Å². The molecular formula is C11H16BrN3O2S. The lowest BCUT2D eigenvalue weighted by molar-refractivity contribution is 0.542. The van der Waals surface area contributed by atoms with Gasteiger partial charge in [-0.25, -0.2) is 9.86 Å². The summed E-state index contributed by atoms with van der Waals surface area (Å²) in [5.74, 6) is 0.308. The minimum Gasteiger partial charge on any atom is -0.371 e. The Morgan fingerprint density at radius 1 is 1.50 bits per heavy atom. The molecule has 1 fully saturated rings. The fourth-order valence-electron chi connectivity index (χ4n) is 2.14. The molecule has 1 heterocycles. The Kier molecular flexibility index (Phi) is 4.26. The van der Waals surface area contributed by atoms with Crippen LogP contribution in [0.15, 0.2) is 28.7 Å². The van der Waals surface area contributed by atoms with Gasteiger partial charge in [-0.2, -0.15) is 8.42 Å². The van der Waals surface area contributed by atoms with E-state index in [-0.39, 0.29) is 0 Å². The molecule has 1 aliphatic heterocycles. The Hall–Kier alpha value is -0.630. The van der Waals surface area contributed by atoms with Gasteiger partial charge in [-0.15, -0.1) is 0 Å². The standard InChI is InChI=1S/C11H16BrN3O2S/c12-10-2-1-3-11(6-10)15-5-4-9(8-15)7-14-18(13,16)17/h1-3,6,9,14H,4-5,7-8H2,(H2,13,16,17). The van der Waals surface area contributed by atoms with Gasteiger partial charge < -0.3 is 4.90 Å². The third-order valence-corrected chi connectivity index (χ3v) is 4.09. The maximum absolute atomic E-state index is 10.8. The molecule has 1 aromatic carbocycles. The molecule has 0 radical (unpaired) electrons. The molecule has 1 aromatic rings. The van der Waals surface area contributed by atoms with Crippen LogP contribution in [0.3, 0.4) is 0 Å². The van der Waals surface area contributed by atoms with E-state index < -0.39 is 10.2 Å². The number of nitrogens with two attached hydrogens (primary N) is 1. The maximum Gasteiger partial charge on any atom is 0.274 e. The largest absolute Gasteiger partial charge is 0.371 e. The van der Waals surface area contributed by atoms with Crippen LogP contribution < -0.4 is 14.8 Å². The number of hydrogen-bond donors (Lipinski definition) is 2. The topological polar surface area (TPSA) is 75.4 Å². The number of benzene rings is 1. The molecule has 0 spiro atoms. The van der Waals surface area contributed by atoms with Crippen molar-refractivity contribution >= 4 is 31.8 Å². The third-order valence-electron chi connectivity index (χ3n) is 3.03. The summed E-state index contributed by atoms with van der Waals surface area (Å²) in [5, 5.41) is 4.92. The maximum atomic E-state index is 10.8. The Bertz CT molecular complexity index is 521. The number of nitrogens with zero attached hydrogens (tertiary/aromatic N) is 1. The minimum absolute atomic E-state index is 0.308. The van der Waals surface area contributed by atoms with Gasteiger partial charge in [0.15, 0.2) is 0 Å². The van der Waals surface area contributed by atoms with Crippen molar-refractivity contribution < 1.29 is 8.42 Å². The fourth-order valence-corrected chi connectivity index (χ4v) is 3.00. The molecule has 2 rings (SSSR count). The van der Waals surface area contributed by atoms with Gasteiger partial charge in [0.2, 0.25) is 0 Å². The lowest BCUT2D eigenvalue weighted by atomic mass is 10.1. The predicted molar refractivity (Wildman–Crippen MR) is 75.6 cm³/mol. The molecule has 1 unspecified atom stereocenters. The van der Waals surface area contributed by atoms with Crippen LogP contribution in [0.4, 0.5) is 5.69 Å². The lowest BCUT2D eigenvalue weighted by Gasteiger charge is -2.19. The monoisotopic (exact) mass is 333 g/mol. The summed E-state index contributed by atoms with van der Waals surface area (Å²) < 4.78 is 25.1. The van der Waals surface area contributed by atoms with Crippen LogP contribution in [0.5, 0.6) is 0 Å². The van der Waals surface area contributed by atoms with Crippen molar-refractivity contribution in [1.82, 2.24) is 4.72 Å². The molecule has 0 aliphatic carbocycles. The summed E-state index contributed by atoms with van der Waals surface area (Å²) in [6.07, 6.45) is 0.967. The smallest absolute Gasteiger partial charge is 0.274 e. The van der Waals surface area contributed by atoms with Crippen LogP contribution >= 0.6 is 15.9 Å². The normalized spacial score (nSPS) is 20.3. The summed E-state index contributed by atoms with van der Waals surface area (Å²) in [5.41, 5.74) is 1.16. The Balaban J connectivity index is 1.92. The highest BCUT2D eigenvalue weighted by molar-refractivity contribution is 9.10. The lowest BCUT2D eigenvalue weighted by Crippen LogP contribution is -2.35. The molecule has 7 heteroatoms. The molecule has 18 heavy (non-hydrogen) atoms. The van der Waals surface area contributed by atoms with Gasteiger partial charge in [0.1, 0.15) is 0 Å². The summed E-state index contributed by atoms with van der Waals surface area (Å²) in [4.78, 5) is 2.25. The van der Waals surface area contributed by atoms with E-state index in [1.807, 2.05) is 12.1 Å². The first-order valence-corrected chi connectivity index (χ1v) is 8.06. The molecule has 3 N–H and O–H groups in total. The Labute approximate surface area is 116 Å². The quantitative estimate of drug-likeness (QED) is 0.865. The molecule has 1 saturated heterocycles. The second-order valence-corrected chi connectivity index (χ2v) is 6.77. The zero-order valence-corrected chi connectivity index (χ0v) is 12.2. The number of rotatable bonds is 4. The number of hydrogen-bond acceptors (Lipinski definition) is 3. The van der Waals surface area contributed by atoms with Crippen molar-refractivity contribution in [3.63, 3.8) is 0 Å². The zero-order valence-electron chi connectivity index (χ0n) is 9.84. The van der Waals surface area contributed by atoms with Gasteiger partial charge in [0.05, 0.1) is 0 Å². The number of halogens is 1. The molecule has 1 atom stereocenters. The molecule has 5 nitrogen and oxygen atoms in total. The van der Waals surface area contributed by atoms with E-state index in [4.69, 9.17) is 5.14 Å². The SMILES string of the molecule is NS(=O)(=O)NCC1CCN(c2cccc(Br)c2)C1. The highest BCUT2D eigenvalue weighted by atomic mass is 79.9. The Morgan fingerprint density at radius 3 is 2.94 bits per heavy atom. The number of nitrogens with one attached hydrogen (secondary N) is 1. The first-order valence-electron chi connectivity index (χ1n) is 5.72. The van der Waals surface area contributed by atoms with E-state index in [1.54, 1.807) is 0 Å². The fraction of sp³-hybridized carbons (Fsp3) is 0.455. The average molecular weight is 334 g/mol. The second kappa shape index (κ2) is 5.56. The van der Waals surface area contributed by atoms with Crippen molar-refractivity contribution in [2.75, 3.05) is 24.5 Å². The van der Waals surface area contributed by atoms with Crippen LogP contribution in [0, 0.1) is 5.92 Å². The highest BCUT2D eigenvalue weighted by Crippen LogP contribution is 2.25. The summed E-state index contributed by atoms with van der Waals surface area (Å²) in [6, 6.07) is 8.10. The first-order chi connectivity index (χ1) is 8.44. The first kappa shape index (κ1) is 13.8. The molecule has 0 amide bonds.